The molecule has 1 N–H and O–H groups in total. The van der Waals surface area contributed by atoms with Crippen LogP contribution in [0.2, 0.25) is 0 Å². The van der Waals surface area contributed by atoms with Gasteiger partial charge in [-0.25, -0.2) is 0 Å². The fraction of sp³-hybridized carbons (Fsp3) is 0.179. The van der Waals surface area contributed by atoms with E-state index in [1.54, 1.807) is 12.1 Å². The Morgan fingerprint density at radius 3 is 2.44 bits per heavy atom. The number of rotatable bonds is 5. The number of carbonyl (C=O) groups excluding carboxylic acids is 2. The van der Waals surface area contributed by atoms with Gasteiger partial charge in [0.2, 0.25) is 5.91 Å². The number of amides is 2. The molecule has 1 unspecified atom stereocenters. The first-order valence-corrected chi connectivity index (χ1v) is 11.9. The Bertz CT molecular complexity index is 1320. The summed E-state index contributed by atoms with van der Waals surface area (Å²) in [6.45, 7) is 6.00. The summed E-state index contributed by atoms with van der Waals surface area (Å²) in [4.78, 5) is 28.3. The number of aryl methyl sites for hydroxylation is 3. The maximum absolute atomic E-state index is 13.6. The smallest absolute Gasteiger partial charge is 0.269 e. The quantitative estimate of drug-likeness (QED) is 0.387. The van der Waals surface area contributed by atoms with Crippen molar-refractivity contribution in [3.05, 3.63) is 106 Å². The van der Waals surface area contributed by atoms with E-state index in [9.17, 15) is 14.9 Å². The SMILES string of the molecule is Cc1cccc(CC2S/C(=C(/C#N)C(=O)Nc3ccccc3)N(c3ccc(C)c(C)c3)C2=O)c1. The van der Waals surface area contributed by atoms with Crippen molar-refractivity contribution in [2.24, 2.45) is 0 Å². The molecule has 6 heteroatoms. The first kappa shape index (κ1) is 23.3. The highest BCUT2D eigenvalue weighted by Gasteiger charge is 2.41. The van der Waals surface area contributed by atoms with E-state index >= 15 is 0 Å². The molecule has 3 aromatic rings. The molecule has 1 heterocycles. The molecule has 4 rings (SSSR count). The Balaban J connectivity index is 1.75. The third kappa shape index (κ3) is 4.90. The van der Waals surface area contributed by atoms with Crippen LogP contribution in [-0.4, -0.2) is 17.1 Å². The Morgan fingerprint density at radius 1 is 1.00 bits per heavy atom. The topological polar surface area (TPSA) is 73.2 Å². The standard InChI is InChI=1S/C28H25N3O2S/c1-18-8-7-9-21(14-18)16-25-27(33)31(23-13-12-19(2)20(3)15-23)28(34-25)24(17-29)26(32)30-22-10-5-4-6-11-22/h4-15,25H,16H2,1-3H3,(H,30,32)/b28-24-. The Hall–Kier alpha value is -3.82. The van der Waals surface area contributed by atoms with E-state index in [1.165, 1.54) is 16.7 Å². The zero-order valence-corrected chi connectivity index (χ0v) is 20.1. The first-order valence-electron chi connectivity index (χ1n) is 11.0. The van der Waals surface area contributed by atoms with Crippen LogP contribution in [0.25, 0.3) is 0 Å². The van der Waals surface area contributed by atoms with Crippen LogP contribution < -0.4 is 10.2 Å². The van der Waals surface area contributed by atoms with Crippen molar-refractivity contribution in [3.8, 4) is 6.07 Å². The van der Waals surface area contributed by atoms with Crippen molar-refractivity contribution in [2.75, 3.05) is 10.2 Å². The molecule has 0 saturated carbocycles. The molecule has 34 heavy (non-hydrogen) atoms. The van der Waals surface area contributed by atoms with Crippen molar-refractivity contribution in [1.82, 2.24) is 0 Å². The van der Waals surface area contributed by atoms with Crippen LogP contribution in [0.5, 0.6) is 0 Å². The number of carbonyl (C=O) groups is 2. The summed E-state index contributed by atoms with van der Waals surface area (Å²) < 4.78 is 0. The van der Waals surface area contributed by atoms with Gasteiger partial charge in [-0.1, -0.05) is 65.9 Å². The van der Waals surface area contributed by atoms with Gasteiger partial charge in [0.05, 0.1) is 5.25 Å². The van der Waals surface area contributed by atoms with Crippen LogP contribution in [0.3, 0.4) is 0 Å². The number of nitriles is 1. The predicted molar refractivity (Wildman–Crippen MR) is 137 cm³/mol. The number of thioether (sulfide) groups is 1. The Kier molecular flexibility index (Phi) is 6.85. The van der Waals surface area contributed by atoms with Crippen molar-refractivity contribution < 1.29 is 9.59 Å². The minimum Gasteiger partial charge on any atom is -0.321 e. The Labute approximate surface area is 204 Å². The second-order valence-electron chi connectivity index (χ2n) is 8.35. The molecule has 1 saturated heterocycles. The summed E-state index contributed by atoms with van der Waals surface area (Å²) in [5.74, 6) is -0.668. The van der Waals surface area contributed by atoms with Gasteiger partial charge >= 0.3 is 0 Å². The van der Waals surface area contributed by atoms with Gasteiger partial charge in [-0.3, -0.25) is 14.5 Å². The number of anilines is 2. The number of nitrogens with one attached hydrogen (secondary N) is 1. The number of benzene rings is 3. The fourth-order valence-corrected chi connectivity index (χ4v) is 5.16. The second-order valence-corrected chi connectivity index (χ2v) is 9.55. The van der Waals surface area contributed by atoms with Crippen LogP contribution in [0.15, 0.2) is 83.4 Å². The van der Waals surface area contributed by atoms with E-state index in [4.69, 9.17) is 0 Å². The van der Waals surface area contributed by atoms with E-state index in [0.29, 0.717) is 22.8 Å². The largest absolute Gasteiger partial charge is 0.321 e. The molecule has 0 aliphatic carbocycles. The summed E-state index contributed by atoms with van der Waals surface area (Å²) in [6.07, 6.45) is 0.509. The maximum Gasteiger partial charge on any atom is 0.269 e. The molecule has 1 aliphatic rings. The van der Waals surface area contributed by atoms with Crippen LogP contribution in [0.1, 0.15) is 22.3 Å². The molecule has 5 nitrogen and oxygen atoms in total. The van der Waals surface area contributed by atoms with Crippen molar-refractivity contribution in [3.63, 3.8) is 0 Å². The minimum absolute atomic E-state index is 0.0767. The molecule has 0 aromatic heterocycles. The van der Waals surface area contributed by atoms with E-state index < -0.39 is 11.2 Å². The predicted octanol–water partition coefficient (Wildman–Crippen LogP) is 5.68. The molecule has 0 spiro atoms. The summed E-state index contributed by atoms with van der Waals surface area (Å²) in [7, 11) is 0. The van der Waals surface area contributed by atoms with Crippen LogP contribution in [-0.2, 0) is 16.0 Å². The molecule has 0 radical (unpaired) electrons. The third-order valence-electron chi connectivity index (χ3n) is 5.79. The lowest BCUT2D eigenvalue weighted by atomic mass is 10.1. The molecule has 0 bridgehead atoms. The minimum atomic E-state index is -0.533. The number of hydrogen-bond donors (Lipinski definition) is 1. The lowest BCUT2D eigenvalue weighted by Crippen LogP contribution is -2.31. The zero-order chi connectivity index (χ0) is 24.2. The molecule has 1 atom stereocenters. The second kappa shape index (κ2) is 9.98. The van der Waals surface area contributed by atoms with Gasteiger partial charge in [0, 0.05) is 11.4 Å². The fourth-order valence-electron chi connectivity index (χ4n) is 3.85. The average Bonchev–Trinajstić information content (AvgIpc) is 3.12. The molecule has 1 aliphatic heterocycles. The lowest BCUT2D eigenvalue weighted by Gasteiger charge is -2.20. The maximum atomic E-state index is 13.6. The highest BCUT2D eigenvalue weighted by atomic mass is 32.2. The van der Waals surface area contributed by atoms with E-state index in [0.717, 1.165) is 22.3 Å². The summed E-state index contributed by atoms with van der Waals surface area (Å²) >= 11 is 1.28. The van der Waals surface area contributed by atoms with Crippen molar-refractivity contribution in [1.29, 1.82) is 5.26 Å². The molecular weight excluding hydrogens is 442 g/mol. The van der Waals surface area contributed by atoms with E-state index in [-0.39, 0.29) is 11.5 Å². The number of para-hydroxylation sites is 1. The van der Waals surface area contributed by atoms with E-state index in [1.807, 2.05) is 75.4 Å². The third-order valence-corrected chi connectivity index (χ3v) is 7.05. The monoisotopic (exact) mass is 467 g/mol. The van der Waals surface area contributed by atoms with Crippen molar-refractivity contribution >= 4 is 35.0 Å². The van der Waals surface area contributed by atoms with Gasteiger partial charge in [-0.15, -0.1) is 0 Å². The molecule has 3 aromatic carbocycles. The zero-order valence-electron chi connectivity index (χ0n) is 19.3. The molecule has 1 fully saturated rings. The van der Waals surface area contributed by atoms with E-state index in [2.05, 4.69) is 17.5 Å². The first-order chi connectivity index (χ1) is 16.4. The van der Waals surface area contributed by atoms with Gasteiger partial charge < -0.3 is 5.32 Å². The van der Waals surface area contributed by atoms with Crippen LogP contribution in [0.4, 0.5) is 11.4 Å². The van der Waals surface area contributed by atoms with Gasteiger partial charge in [-0.2, -0.15) is 5.26 Å². The van der Waals surface area contributed by atoms with Crippen LogP contribution in [0, 0.1) is 32.1 Å². The number of hydrogen-bond acceptors (Lipinski definition) is 4. The highest BCUT2D eigenvalue weighted by Crippen LogP contribution is 2.42. The van der Waals surface area contributed by atoms with Gasteiger partial charge in [0.25, 0.3) is 5.91 Å². The van der Waals surface area contributed by atoms with Gasteiger partial charge in [0.1, 0.15) is 16.7 Å². The summed E-state index contributed by atoms with van der Waals surface area (Å²) in [6, 6.07) is 24.8. The van der Waals surface area contributed by atoms with Crippen molar-refractivity contribution in [2.45, 2.75) is 32.4 Å². The van der Waals surface area contributed by atoms with Crippen LogP contribution >= 0.6 is 11.8 Å². The Morgan fingerprint density at radius 2 is 1.76 bits per heavy atom. The molecular formula is C28H25N3O2S. The summed E-state index contributed by atoms with van der Waals surface area (Å²) in [5.41, 5.74) is 5.46. The number of nitrogens with zero attached hydrogens (tertiary/aromatic N) is 2. The molecule has 170 valence electrons. The average molecular weight is 468 g/mol. The van der Waals surface area contributed by atoms with Gasteiger partial charge in [-0.05, 0) is 68.1 Å². The summed E-state index contributed by atoms with van der Waals surface area (Å²) in [5, 5.41) is 12.7. The highest BCUT2D eigenvalue weighted by molar-refractivity contribution is 8.05. The molecule has 2 amide bonds. The van der Waals surface area contributed by atoms with Gasteiger partial charge in [0.15, 0.2) is 0 Å². The normalized spacial score (nSPS) is 16.8. The lowest BCUT2D eigenvalue weighted by molar-refractivity contribution is -0.117.